The Morgan fingerprint density at radius 1 is 0.880 bits per heavy atom. The number of nitrogens with zero attached hydrogens (tertiary/aromatic N) is 1. The van der Waals surface area contributed by atoms with Crippen LogP contribution >= 0.6 is 11.8 Å². The fourth-order valence-electron chi connectivity index (χ4n) is 2.71. The second-order valence-corrected chi connectivity index (χ2v) is 7.42. The first kappa shape index (κ1) is 21.4. The Morgan fingerprint density at radius 2 is 1.48 bits per heavy atom. The summed E-state index contributed by atoms with van der Waals surface area (Å²) < 4.78 is 0. The lowest BCUT2D eigenvalue weighted by Crippen LogP contribution is -2.20. The minimum atomic E-state index is -0.754. The molecule has 0 heterocycles. The molecule has 0 aromatic rings. The molecular weight excluding hydrogens is 342 g/mol. The minimum Gasteiger partial charge on any atom is -0.314 e. The zero-order valence-electron chi connectivity index (χ0n) is 15.3. The fraction of sp³-hybridized carbons (Fsp3) is 0.667. The van der Waals surface area contributed by atoms with Crippen LogP contribution in [-0.4, -0.2) is 34.8 Å². The molecule has 0 spiro atoms. The average Bonchev–Trinajstić information content (AvgIpc) is 2.58. The summed E-state index contributed by atoms with van der Waals surface area (Å²) in [5.41, 5.74) is 2.44. The van der Waals surface area contributed by atoms with E-state index < -0.39 is 5.09 Å². The Bertz CT molecular complexity index is 580. The summed E-state index contributed by atoms with van der Waals surface area (Å²) in [4.78, 5) is 38.6. The second-order valence-electron chi connectivity index (χ2n) is 6.20. The van der Waals surface area contributed by atoms with Gasteiger partial charge in [-0.1, -0.05) is 12.8 Å². The van der Waals surface area contributed by atoms with Crippen molar-refractivity contribution in [2.45, 2.75) is 59.3 Å². The summed E-state index contributed by atoms with van der Waals surface area (Å²) >= 11 is 1.84. The minimum absolute atomic E-state index is 0.000752. The number of Topliss-reactive ketones (excluding diaryl/α,β-unsaturated/α-hetero) is 2. The molecule has 0 fully saturated rings. The molecule has 1 rings (SSSR count). The van der Waals surface area contributed by atoms with Crippen LogP contribution in [0.3, 0.4) is 0 Å². The Kier molecular flexibility index (Phi) is 9.49. The molecule has 1 aliphatic rings. The van der Waals surface area contributed by atoms with Crippen LogP contribution in [0.4, 0.5) is 0 Å². The third-order valence-corrected chi connectivity index (χ3v) is 5.56. The van der Waals surface area contributed by atoms with E-state index in [1.165, 1.54) is 0 Å². The van der Waals surface area contributed by atoms with Gasteiger partial charge in [0.2, 0.25) is 0 Å². The van der Waals surface area contributed by atoms with Crippen LogP contribution < -0.4 is 0 Å². The van der Waals surface area contributed by atoms with Gasteiger partial charge in [0, 0.05) is 22.3 Å². The molecule has 6 nitrogen and oxygen atoms in total. The Balaban J connectivity index is 2.13. The number of hydrogen-bond donors (Lipinski definition) is 0. The smallest absolute Gasteiger partial charge is 0.294 e. The zero-order valence-corrected chi connectivity index (χ0v) is 16.1. The van der Waals surface area contributed by atoms with E-state index in [1.54, 1.807) is 20.8 Å². The molecule has 0 aromatic heterocycles. The topological polar surface area (TPSA) is 86.5 Å². The molecule has 0 N–H and O–H groups in total. The number of unbranched alkanes of at least 4 members (excludes halogenated alkanes) is 3. The second kappa shape index (κ2) is 11.1. The van der Waals surface area contributed by atoms with Crippen LogP contribution in [0.25, 0.3) is 0 Å². The molecule has 0 radical (unpaired) electrons. The van der Waals surface area contributed by atoms with E-state index in [0.29, 0.717) is 35.1 Å². The standard InChI is InChI=1S/C18H27NO5S/c1-13-14(2)18(21)16(15(3)17(13)20)9-8-12-25-11-7-5-4-6-10-24-19(22)23/h4-12H2,1-3H3. The quantitative estimate of drug-likeness (QED) is 0.223. The van der Waals surface area contributed by atoms with Gasteiger partial charge in [-0.3, -0.25) is 9.59 Å². The van der Waals surface area contributed by atoms with Crippen LogP contribution in [0, 0.1) is 10.1 Å². The van der Waals surface area contributed by atoms with Crippen molar-refractivity contribution in [3.63, 3.8) is 0 Å². The monoisotopic (exact) mass is 369 g/mol. The van der Waals surface area contributed by atoms with Crippen molar-refractivity contribution in [1.29, 1.82) is 0 Å². The Morgan fingerprint density at radius 3 is 2.16 bits per heavy atom. The van der Waals surface area contributed by atoms with Gasteiger partial charge >= 0.3 is 0 Å². The van der Waals surface area contributed by atoms with Crippen LogP contribution in [0.1, 0.15) is 59.3 Å². The number of rotatable bonds is 12. The molecule has 0 saturated carbocycles. The van der Waals surface area contributed by atoms with Gasteiger partial charge in [0.15, 0.2) is 11.6 Å². The highest BCUT2D eigenvalue weighted by atomic mass is 32.2. The Labute approximate surface area is 153 Å². The van der Waals surface area contributed by atoms with Gasteiger partial charge in [0.25, 0.3) is 5.09 Å². The number of carbonyl (C=O) groups excluding carboxylic acids is 2. The van der Waals surface area contributed by atoms with Crippen molar-refractivity contribution in [3.05, 3.63) is 32.4 Å². The third-order valence-electron chi connectivity index (χ3n) is 4.41. The van der Waals surface area contributed by atoms with Gasteiger partial charge in [-0.15, -0.1) is 10.1 Å². The molecule has 0 amide bonds. The highest BCUT2D eigenvalue weighted by molar-refractivity contribution is 7.99. The molecule has 7 heteroatoms. The number of thioether (sulfide) groups is 1. The number of allylic oxidation sites excluding steroid dienone is 4. The molecule has 0 aliphatic heterocycles. The maximum atomic E-state index is 12.3. The van der Waals surface area contributed by atoms with Crippen molar-refractivity contribution < 1.29 is 19.5 Å². The van der Waals surface area contributed by atoms with Crippen LogP contribution in [0.2, 0.25) is 0 Å². The van der Waals surface area contributed by atoms with E-state index in [9.17, 15) is 19.7 Å². The van der Waals surface area contributed by atoms with Gasteiger partial charge in [-0.05, 0) is 58.0 Å². The highest BCUT2D eigenvalue weighted by Gasteiger charge is 2.27. The lowest BCUT2D eigenvalue weighted by molar-refractivity contribution is -0.757. The first-order valence-electron chi connectivity index (χ1n) is 8.68. The largest absolute Gasteiger partial charge is 0.314 e. The average molecular weight is 369 g/mol. The lowest BCUT2D eigenvalue weighted by Gasteiger charge is -2.18. The van der Waals surface area contributed by atoms with Gasteiger partial charge in [-0.2, -0.15) is 11.8 Å². The first-order valence-corrected chi connectivity index (χ1v) is 9.83. The van der Waals surface area contributed by atoms with E-state index in [2.05, 4.69) is 4.84 Å². The van der Waals surface area contributed by atoms with Crippen molar-refractivity contribution >= 4 is 23.3 Å². The van der Waals surface area contributed by atoms with Gasteiger partial charge in [0.05, 0.1) is 6.61 Å². The highest BCUT2D eigenvalue weighted by Crippen LogP contribution is 2.27. The number of carbonyl (C=O) groups is 2. The summed E-state index contributed by atoms with van der Waals surface area (Å²) in [7, 11) is 0. The van der Waals surface area contributed by atoms with Gasteiger partial charge in [0.1, 0.15) is 0 Å². The van der Waals surface area contributed by atoms with E-state index in [4.69, 9.17) is 0 Å². The summed E-state index contributed by atoms with van der Waals surface area (Å²) in [5.74, 6) is 2.03. The predicted molar refractivity (Wildman–Crippen MR) is 99.1 cm³/mol. The van der Waals surface area contributed by atoms with E-state index >= 15 is 0 Å². The van der Waals surface area contributed by atoms with Crippen molar-refractivity contribution in [2.75, 3.05) is 18.1 Å². The van der Waals surface area contributed by atoms with Crippen LogP contribution in [0.15, 0.2) is 22.3 Å². The first-order chi connectivity index (χ1) is 11.9. The maximum Gasteiger partial charge on any atom is 0.294 e. The molecule has 0 unspecified atom stereocenters. The summed E-state index contributed by atoms with van der Waals surface area (Å²) in [5, 5.41) is 9.22. The molecular formula is C18H27NO5S. The van der Waals surface area contributed by atoms with E-state index in [1.807, 2.05) is 11.8 Å². The molecule has 0 saturated heterocycles. The molecule has 0 atom stereocenters. The normalized spacial score (nSPS) is 15.2. The summed E-state index contributed by atoms with van der Waals surface area (Å²) in [6.07, 6.45) is 5.30. The van der Waals surface area contributed by atoms with Crippen LogP contribution in [0.5, 0.6) is 0 Å². The Hall–Kier alpha value is -1.63. The maximum absolute atomic E-state index is 12.3. The zero-order chi connectivity index (χ0) is 18.8. The summed E-state index contributed by atoms with van der Waals surface area (Å²) in [6.45, 7) is 5.37. The van der Waals surface area contributed by atoms with Crippen molar-refractivity contribution in [3.8, 4) is 0 Å². The number of ketones is 2. The molecule has 1 aliphatic carbocycles. The van der Waals surface area contributed by atoms with E-state index in [-0.39, 0.29) is 18.2 Å². The fourth-order valence-corrected chi connectivity index (χ4v) is 3.67. The number of hydrogen-bond acceptors (Lipinski definition) is 6. The molecule has 25 heavy (non-hydrogen) atoms. The lowest BCUT2D eigenvalue weighted by atomic mass is 9.84. The van der Waals surface area contributed by atoms with Crippen molar-refractivity contribution in [2.24, 2.45) is 0 Å². The molecule has 0 bridgehead atoms. The predicted octanol–water partition coefficient (Wildman–Crippen LogP) is 4.07. The SMILES string of the molecule is CC1=C(C)C(=O)C(CCCSCCCCCCO[N+](=O)[O-])=C(C)C1=O. The molecule has 0 aromatic carbocycles. The molecule has 140 valence electrons. The van der Waals surface area contributed by atoms with Gasteiger partial charge in [-0.25, -0.2) is 0 Å². The van der Waals surface area contributed by atoms with Gasteiger partial charge < -0.3 is 4.84 Å². The van der Waals surface area contributed by atoms with E-state index in [0.717, 1.165) is 37.2 Å². The van der Waals surface area contributed by atoms with Crippen LogP contribution in [-0.2, 0) is 14.4 Å². The summed E-state index contributed by atoms with van der Waals surface area (Å²) in [6, 6.07) is 0. The van der Waals surface area contributed by atoms with Crippen molar-refractivity contribution in [1.82, 2.24) is 0 Å². The third kappa shape index (κ3) is 7.02.